The minimum atomic E-state index is -0.419. The van der Waals surface area contributed by atoms with Gasteiger partial charge in [-0.15, -0.1) is 11.3 Å². The summed E-state index contributed by atoms with van der Waals surface area (Å²) >= 11 is 1.63. The van der Waals surface area contributed by atoms with E-state index in [2.05, 4.69) is 10.3 Å². The summed E-state index contributed by atoms with van der Waals surface area (Å²) in [7, 11) is 0. The van der Waals surface area contributed by atoms with Crippen LogP contribution in [-0.2, 0) is 11.2 Å². The van der Waals surface area contributed by atoms with Crippen molar-refractivity contribution < 1.29 is 4.79 Å². The van der Waals surface area contributed by atoms with Crippen LogP contribution in [0.5, 0.6) is 0 Å². The summed E-state index contributed by atoms with van der Waals surface area (Å²) in [5.74, 6) is 0.0865. The van der Waals surface area contributed by atoms with Crippen LogP contribution >= 0.6 is 11.3 Å². The molecule has 0 bridgehead atoms. The molecule has 0 radical (unpaired) electrons. The highest BCUT2D eigenvalue weighted by molar-refractivity contribution is 7.09. The van der Waals surface area contributed by atoms with Crippen LogP contribution in [0.3, 0.4) is 0 Å². The Morgan fingerprint density at radius 2 is 2.31 bits per heavy atom. The second-order valence-electron chi connectivity index (χ2n) is 4.17. The number of hydrogen-bond acceptors (Lipinski definition) is 4. The van der Waals surface area contributed by atoms with E-state index in [1.54, 1.807) is 11.3 Å². The van der Waals surface area contributed by atoms with E-state index in [-0.39, 0.29) is 11.8 Å². The number of amides is 1. The molecule has 1 amide bonds. The summed E-state index contributed by atoms with van der Waals surface area (Å²) in [5, 5.41) is 5.90. The molecule has 3 N–H and O–H groups in total. The molecular weight excluding hydrogens is 222 g/mol. The topological polar surface area (TPSA) is 68.0 Å². The average molecular weight is 241 g/mol. The highest BCUT2D eigenvalue weighted by Gasteiger charge is 2.16. The summed E-state index contributed by atoms with van der Waals surface area (Å²) in [4.78, 5) is 15.8. The van der Waals surface area contributed by atoms with Crippen LogP contribution in [0.4, 0.5) is 0 Å². The summed E-state index contributed by atoms with van der Waals surface area (Å²) in [6.07, 6.45) is 0.765. The lowest BCUT2D eigenvalue weighted by molar-refractivity contribution is -0.123. The van der Waals surface area contributed by atoms with Crippen LogP contribution in [0.25, 0.3) is 0 Å². The van der Waals surface area contributed by atoms with Gasteiger partial charge in [-0.25, -0.2) is 4.98 Å². The Kier molecular flexibility index (Phi) is 4.89. The normalized spacial score (nSPS) is 12.8. The third-order valence-electron chi connectivity index (χ3n) is 2.37. The lowest BCUT2D eigenvalue weighted by Crippen LogP contribution is -2.44. The maximum atomic E-state index is 11.5. The van der Waals surface area contributed by atoms with Crippen molar-refractivity contribution >= 4 is 17.2 Å². The van der Waals surface area contributed by atoms with Crippen LogP contribution in [0.15, 0.2) is 5.38 Å². The fourth-order valence-electron chi connectivity index (χ4n) is 1.26. The maximum Gasteiger partial charge on any atom is 0.237 e. The standard InChI is InChI=1S/C11H19N3OS/c1-7(2)10(12)11(15)13-5-4-9-6-16-8(3)14-9/h6-7,10H,4-5,12H2,1-3H3,(H,13,15)/t10-/m1/s1. The smallest absolute Gasteiger partial charge is 0.237 e. The Morgan fingerprint density at radius 3 is 2.81 bits per heavy atom. The van der Waals surface area contributed by atoms with Gasteiger partial charge in [0, 0.05) is 18.3 Å². The zero-order chi connectivity index (χ0) is 12.1. The van der Waals surface area contributed by atoms with Crippen molar-refractivity contribution in [3.05, 3.63) is 16.1 Å². The lowest BCUT2D eigenvalue weighted by atomic mass is 10.1. The molecule has 1 atom stereocenters. The number of thiazole rings is 1. The Bertz CT molecular complexity index is 349. The average Bonchev–Trinajstić information content (AvgIpc) is 2.62. The maximum absolute atomic E-state index is 11.5. The molecule has 0 unspecified atom stereocenters. The molecule has 0 aliphatic heterocycles. The van der Waals surface area contributed by atoms with Gasteiger partial charge >= 0.3 is 0 Å². The number of aromatic nitrogens is 1. The molecule has 0 saturated carbocycles. The highest BCUT2D eigenvalue weighted by Crippen LogP contribution is 2.07. The fraction of sp³-hybridized carbons (Fsp3) is 0.636. The van der Waals surface area contributed by atoms with Gasteiger partial charge < -0.3 is 11.1 Å². The van der Waals surface area contributed by atoms with Gasteiger partial charge in [0.2, 0.25) is 5.91 Å². The van der Waals surface area contributed by atoms with Crippen molar-refractivity contribution in [2.45, 2.75) is 33.2 Å². The first-order valence-electron chi connectivity index (χ1n) is 5.45. The lowest BCUT2D eigenvalue weighted by Gasteiger charge is -2.14. The first-order valence-corrected chi connectivity index (χ1v) is 6.33. The van der Waals surface area contributed by atoms with E-state index in [4.69, 9.17) is 5.73 Å². The molecule has 0 aliphatic rings. The van der Waals surface area contributed by atoms with E-state index < -0.39 is 6.04 Å². The van der Waals surface area contributed by atoms with Gasteiger partial charge in [-0.1, -0.05) is 13.8 Å². The van der Waals surface area contributed by atoms with Gasteiger partial charge in [-0.3, -0.25) is 4.79 Å². The number of nitrogens with one attached hydrogen (secondary N) is 1. The van der Waals surface area contributed by atoms with Crippen LogP contribution in [0, 0.1) is 12.8 Å². The molecule has 0 spiro atoms. The van der Waals surface area contributed by atoms with E-state index >= 15 is 0 Å². The molecule has 16 heavy (non-hydrogen) atoms. The Balaban J connectivity index is 2.28. The number of hydrogen-bond donors (Lipinski definition) is 2. The Labute approximate surface area is 100 Å². The van der Waals surface area contributed by atoms with Crippen molar-refractivity contribution in [2.75, 3.05) is 6.54 Å². The number of carbonyl (C=O) groups excluding carboxylic acids is 1. The zero-order valence-corrected chi connectivity index (χ0v) is 10.8. The largest absolute Gasteiger partial charge is 0.354 e. The quantitative estimate of drug-likeness (QED) is 0.811. The van der Waals surface area contributed by atoms with E-state index in [1.807, 2.05) is 26.2 Å². The molecule has 0 aliphatic carbocycles. The van der Waals surface area contributed by atoms with Gasteiger partial charge in [-0.2, -0.15) is 0 Å². The van der Waals surface area contributed by atoms with Crippen LogP contribution in [0.2, 0.25) is 0 Å². The van der Waals surface area contributed by atoms with Gasteiger partial charge in [-0.05, 0) is 12.8 Å². The SMILES string of the molecule is Cc1nc(CCNC(=O)[C@H](N)C(C)C)cs1. The summed E-state index contributed by atoms with van der Waals surface area (Å²) in [6, 6.07) is -0.419. The second-order valence-corrected chi connectivity index (χ2v) is 5.23. The molecule has 1 heterocycles. The van der Waals surface area contributed by atoms with Crippen molar-refractivity contribution in [2.24, 2.45) is 11.7 Å². The minimum absolute atomic E-state index is 0.0815. The molecular formula is C11H19N3OS. The molecule has 0 saturated heterocycles. The van der Waals surface area contributed by atoms with Crippen LogP contribution in [-0.4, -0.2) is 23.5 Å². The molecule has 0 aromatic carbocycles. The fourth-order valence-corrected chi connectivity index (χ4v) is 1.90. The van der Waals surface area contributed by atoms with E-state index in [1.165, 1.54) is 0 Å². The second kappa shape index (κ2) is 5.96. The molecule has 1 aromatic heterocycles. The number of nitrogens with two attached hydrogens (primary N) is 1. The van der Waals surface area contributed by atoms with Crippen molar-refractivity contribution in [3.63, 3.8) is 0 Å². The first kappa shape index (κ1) is 13.1. The van der Waals surface area contributed by atoms with E-state index in [9.17, 15) is 4.79 Å². The molecule has 0 fully saturated rings. The zero-order valence-electron chi connectivity index (χ0n) is 9.99. The number of nitrogens with zero attached hydrogens (tertiary/aromatic N) is 1. The predicted octanol–water partition coefficient (Wildman–Crippen LogP) is 1.09. The molecule has 4 nitrogen and oxygen atoms in total. The molecule has 1 aromatic rings. The minimum Gasteiger partial charge on any atom is -0.354 e. The summed E-state index contributed by atoms with van der Waals surface area (Å²) in [5.41, 5.74) is 6.75. The monoisotopic (exact) mass is 241 g/mol. The van der Waals surface area contributed by atoms with Crippen molar-refractivity contribution in [3.8, 4) is 0 Å². The summed E-state index contributed by atoms with van der Waals surface area (Å²) in [6.45, 7) is 6.45. The molecule has 1 rings (SSSR count). The van der Waals surface area contributed by atoms with Gasteiger partial charge in [0.1, 0.15) is 0 Å². The summed E-state index contributed by atoms with van der Waals surface area (Å²) < 4.78 is 0. The third-order valence-corrected chi connectivity index (χ3v) is 3.19. The van der Waals surface area contributed by atoms with Crippen LogP contribution < -0.4 is 11.1 Å². The molecule has 90 valence electrons. The van der Waals surface area contributed by atoms with Gasteiger partial charge in [0.25, 0.3) is 0 Å². The van der Waals surface area contributed by atoms with Gasteiger partial charge in [0.05, 0.1) is 16.7 Å². The van der Waals surface area contributed by atoms with E-state index in [0.717, 1.165) is 17.1 Å². The molecule has 5 heteroatoms. The Morgan fingerprint density at radius 1 is 1.62 bits per heavy atom. The Hall–Kier alpha value is -0.940. The predicted molar refractivity (Wildman–Crippen MR) is 66.4 cm³/mol. The first-order chi connectivity index (χ1) is 7.50. The number of aryl methyl sites for hydroxylation is 1. The number of rotatable bonds is 5. The number of carbonyl (C=O) groups is 1. The van der Waals surface area contributed by atoms with Crippen LogP contribution in [0.1, 0.15) is 24.5 Å². The van der Waals surface area contributed by atoms with E-state index in [0.29, 0.717) is 6.54 Å². The third kappa shape index (κ3) is 3.90. The van der Waals surface area contributed by atoms with Crippen molar-refractivity contribution in [1.82, 2.24) is 10.3 Å². The highest BCUT2D eigenvalue weighted by atomic mass is 32.1. The van der Waals surface area contributed by atoms with Gasteiger partial charge in [0.15, 0.2) is 0 Å². The van der Waals surface area contributed by atoms with Crippen molar-refractivity contribution in [1.29, 1.82) is 0 Å².